The molecule has 0 aromatic carbocycles. The highest BCUT2D eigenvalue weighted by atomic mass is 16.5. The summed E-state index contributed by atoms with van der Waals surface area (Å²) >= 11 is 0. The lowest BCUT2D eigenvalue weighted by atomic mass is 10.0. The fourth-order valence-corrected chi connectivity index (χ4v) is 2.62. The number of rotatable bonds is 2. The van der Waals surface area contributed by atoms with Crippen molar-refractivity contribution in [2.75, 3.05) is 5.73 Å². The number of nitrogens with zero attached hydrogens (tertiary/aromatic N) is 4. The van der Waals surface area contributed by atoms with Crippen molar-refractivity contribution in [3.8, 4) is 0 Å². The van der Waals surface area contributed by atoms with Crippen LogP contribution in [0.1, 0.15) is 32.9 Å². The second-order valence-electron chi connectivity index (χ2n) is 4.83. The molecule has 1 fully saturated rings. The van der Waals surface area contributed by atoms with E-state index in [0.29, 0.717) is 23.4 Å². The Balaban J connectivity index is 1.99. The quantitative estimate of drug-likeness (QED) is 0.874. The molecule has 6 heteroatoms. The molecule has 0 bridgehead atoms. The van der Waals surface area contributed by atoms with Gasteiger partial charge >= 0.3 is 0 Å². The third kappa shape index (κ3) is 1.64. The predicted octanol–water partition coefficient (Wildman–Crippen LogP) is 1.74. The predicted molar refractivity (Wildman–Crippen MR) is 67.7 cm³/mol. The van der Waals surface area contributed by atoms with Crippen molar-refractivity contribution in [2.45, 2.75) is 39.0 Å². The summed E-state index contributed by atoms with van der Waals surface area (Å²) in [5.41, 5.74) is 7.17. The molecule has 18 heavy (non-hydrogen) atoms. The topological polar surface area (TPSA) is 78.9 Å². The fraction of sp³-hybridized carbons (Fsp3) is 0.583. The Labute approximate surface area is 105 Å². The highest BCUT2D eigenvalue weighted by Crippen LogP contribution is 2.36. The molecule has 3 rings (SSSR count). The summed E-state index contributed by atoms with van der Waals surface area (Å²) in [5, 5.41) is 0. The van der Waals surface area contributed by atoms with Crippen LogP contribution >= 0.6 is 0 Å². The second kappa shape index (κ2) is 4.20. The van der Waals surface area contributed by atoms with Crippen LogP contribution < -0.4 is 5.73 Å². The molecule has 2 aromatic rings. The van der Waals surface area contributed by atoms with Gasteiger partial charge in [-0.25, -0.2) is 15.0 Å². The minimum Gasteiger partial charge on any atom is -0.382 e. The van der Waals surface area contributed by atoms with E-state index in [9.17, 15) is 0 Å². The maximum Gasteiger partial charge on any atom is 0.167 e. The number of aromatic nitrogens is 4. The molecule has 0 aliphatic carbocycles. The average molecular weight is 247 g/mol. The second-order valence-corrected chi connectivity index (χ2v) is 4.83. The number of anilines is 1. The highest BCUT2D eigenvalue weighted by Gasteiger charge is 2.32. The van der Waals surface area contributed by atoms with Gasteiger partial charge < -0.3 is 10.5 Å². The number of hydrogen-bond donors (Lipinski definition) is 1. The van der Waals surface area contributed by atoms with E-state index in [4.69, 9.17) is 10.5 Å². The first kappa shape index (κ1) is 11.4. The lowest BCUT2D eigenvalue weighted by Gasteiger charge is -2.14. The maximum absolute atomic E-state index is 6.04. The SMILES string of the molecule is CC[C@H]1O[C@@H](n2cnc3c(N)ncnc32)C[C@@H]1C. The number of imidazole rings is 1. The van der Waals surface area contributed by atoms with Gasteiger partial charge in [0.15, 0.2) is 11.5 Å². The first-order valence-corrected chi connectivity index (χ1v) is 6.29. The molecule has 2 N–H and O–H groups in total. The fourth-order valence-electron chi connectivity index (χ4n) is 2.62. The zero-order valence-corrected chi connectivity index (χ0v) is 10.6. The first-order valence-electron chi connectivity index (χ1n) is 6.29. The average Bonchev–Trinajstić information content (AvgIpc) is 2.93. The minimum absolute atomic E-state index is 0.00394. The van der Waals surface area contributed by atoms with Gasteiger partial charge in [-0.1, -0.05) is 13.8 Å². The Morgan fingerprint density at radius 2 is 2.28 bits per heavy atom. The van der Waals surface area contributed by atoms with Crippen LogP contribution in [0.3, 0.4) is 0 Å². The number of nitrogen functional groups attached to an aromatic ring is 1. The van der Waals surface area contributed by atoms with Gasteiger partial charge in [0.25, 0.3) is 0 Å². The van der Waals surface area contributed by atoms with Gasteiger partial charge in [0, 0.05) is 0 Å². The summed E-state index contributed by atoms with van der Waals surface area (Å²) in [6.45, 7) is 4.37. The summed E-state index contributed by atoms with van der Waals surface area (Å²) in [4.78, 5) is 12.5. The Kier molecular flexibility index (Phi) is 2.66. The number of ether oxygens (including phenoxy) is 1. The molecular weight excluding hydrogens is 230 g/mol. The lowest BCUT2D eigenvalue weighted by molar-refractivity contribution is -0.00304. The van der Waals surface area contributed by atoms with Crippen LogP contribution in [0.4, 0.5) is 5.82 Å². The minimum atomic E-state index is 0.00394. The van der Waals surface area contributed by atoms with Gasteiger partial charge in [-0.05, 0) is 18.8 Å². The molecule has 1 saturated heterocycles. The molecule has 1 aliphatic rings. The Morgan fingerprint density at radius 1 is 1.44 bits per heavy atom. The first-order chi connectivity index (χ1) is 8.70. The number of nitrogens with two attached hydrogens (primary N) is 1. The van der Waals surface area contributed by atoms with Crippen LogP contribution in [0.2, 0.25) is 0 Å². The molecule has 3 atom stereocenters. The van der Waals surface area contributed by atoms with E-state index in [1.54, 1.807) is 6.33 Å². The third-order valence-electron chi connectivity index (χ3n) is 3.64. The van der Waals surface area contributed by atoms with Crippen LogP contribution in [0, 0.1) is 5.92 Å². The van der Waals surface area contributed by atoms with Crippen molar-refractivity contribution in [3.05, 3.63) is 12.7 Å². The standard InChI is InChI=1S/C12H17N5O/c1-3-8-7(2)4-9(18-8)17-6-16-10-11(13)14-5-15-12(10)17/h5-9H,3-4H2,1-2H3,(H2,13,14,15)/t7-,8+,9+/m0/s1. The summed E-state index contributed by atoms with van der Waals surface area (Å²) in [6.07, 6.45) is 5.53. The summed E-state index contributed by atoms with van der Waals surface area (Å²) in [5.74, 6) is 0.966. The smallest absolute Gasteiger partial charge is 0.167 e. The van der Waals surface area contributed by atoms with Gasteiger partial charge in [-0.3, -0.25) is 4.57 Å². The Morgan fingerprint density at radius 3 is 3.00 bits per heavy atom. The van der Waals surface area contributed by atoms with Crippen LogP contribution in [0.15, 0.2) is 12.7 Å². The van der Waals surface area contributed by atoms with Crippen molar-refractivity contribution in [3.63, 3.8) is 0 Å². The molecule has 3 heterocycles. The number of hydrogen-bond acceptors (Lipinski definition) is 5. The van der Waals surface area contributed by atoms with Gasteiger partial charge in [-0.15, -0.1) is 0 Å². The summed E-state index contributed by atoms with van der Waals surface area (Å²) < 4.78 is 7.99. The molecule has 0 spiro atoms. The Hall–Kier alpha value is -1.69. The zero-order valence-electron chi connectivity index (χ0n) is 10.6. The van der Waals surface area contributed by atoms with E-state index in [1.165, 1.54) is 6.33 Å². The van der Waals surface area contributed by atoms with Gasteiger partial charge in [0.1, 0.15) is 18.1 Å². The normalized spacial score (nSPS) is 28.0. The van der Waals surface area contributed by atoms with Crippen molar-refractivity contribution in [1.82, 2.24) is 19.5 Å². The van der Waals surface area contributed by atoms with Crippen LogP contribution in [-0.4, -0.2) is 25.6 Å². The van der Waals surface area contributed by atoms with Crippen LogP contribution in [-0.2, 0) is 4.74 Å². The molecule has 0 amide bonds. The van der Waals surface area contributed by atoms with E-state index >= 15 is 0 Å². The van der Waals surface area contributed by atoms with Crippen molar-refractivity contribution >= 4 is 17.0 Å². The molecule has 96 valence electrons. The van der Waals surface area contributed by atoms with E-state index in [1.807, 2.05) is 4.57 Å². The zero-order chi connectivity index (χ0) is 12.7. The van der Waals surface area contributed by atoms with Crippen LogP contribution in [0.25, 0.3) is 11.2 Å². The summed E-state index contributed by atoms with van der Waals surface area (Å²) in [7, 11) is 0. The van der Waals surface area contributed by atoms with E-state index < -0.39 is 0 Å². The lowest BCUT2D eigenvalue weighted by Crippen LogP contribution is -2.12. The highest BCUT2D eigenvalue weighted by molar-refractivity contribution is 5.81. The molecule has 0 unspecified atom stereocenters. The van der Waals surface area contributed by atoms with Gasteiger partial charge in [0.05, 0.1) is 12.4 Å². The monoisotopic (exact) mass is 247 g/mol. The molecule has 0 radical (unpaired) electrons. The van der Waals surface area contributed by atoms with E-state index in [-0.39, 0.29) is 6.23 Å². The molecule has 2 aromatic heterocycles. The van der Waals surface area contributed by atoms with E-state index in [2.05, 4.69) is 28.8 Å². The van der Waals surface area contributed by atoms with E-state index in [0.717, 1.165) is 18.5 Å². The van der Waals surface area contributed by atoms with Crippen molar-refractivity contribution < 1.29 is 4.74 Å². The largest absolute Gasteiger partial charge is 0.382 e. The molecule has 6 nitrogen and oxygen atoms in total. The van der Waals surface area contributed by atoms with Gasteiger partial charge in [-0.2, -0.15) is 0 Å². The molecule has 0 saturated carbocycles. The summed E-state index contributed by atoms with van der Waals surface area (Å²) in [6, 6.07) is 0. The third-order valence-corrected chi connectivity index (χ3v) is 3.64. The van der Waals surface area contributed by atoms with Gasteiger partial charge in [0.2, 0.25) is 0 Å². The van der Waals surface area contributed by atoms with Crippen LogP contribution in [0.5, 0.6) is 0 Å². The molecule has 1 aliphatic heterocycles. The van der Waals surface area contributed by atoms with Crippen molar-refractivity contribution in [2.24, 2.45) is 5.92 Å². The maximum atomic E-state index is 6.04. The number of fused-ring (bicyclic) bond motifs is 1. The van der Waals surface area contributed by atoms with Crippen molar-refractivity contribution in [1.29, 1.82) is 0 Å². The Bertz CT molecular complexity index is 567. The molecular formula is C12H17N5O.